The number of hydrogen-bond donors (Lipinski definition) is 1. The van der Waals surface area contributed by atoms with E-state index >= 15 is 0 Å². The fourth-order valence-corrected chi connectivity index (χ4v) is 3.24. The molecule has 0 atom stereocenters. The largest absolute Gasteiger partial charge is 0.333 e. The van der Waals surface area contributed by atoms with E-state index in [-0.39, 0.29) is 17.9 Å². The maximum Gasteiger partial charge on any atom is 0.265 e. The van der Waals surface area contributed by atoms with Gasteiger partial charge in [-0.2, -0.15) is 0 Å². The van der Waals surface area contributed by atoms with Crippen LogP contribution in [0.5, 0.6) is 0 Å². The molecule has 120 valence electrons. The minimum Gasteiger partial charge on any atom is -0.333 e. The molecule has 2 aromatic rings. The van der Waals surface area contributed by atoms with Crippen molar-refractivity contribution < 1.29 is 9.59 Å². The molecule has 0 bridgehead atoms. The topological polar surface area (TPSA) is 49.4 Å². The van der Waals surface area contributed by atoms with Gasteiger partial charge in [0.25, 0.3) is 11.8 Å². The number of rotatable bonds is 5. The SMILES string of the molecule is CC(C)N(C(=O)c1ccc(NC(=O)c2cccs2)cc1)C1CC1. The maximum absolute atomic E-state index is 12.6. The Labute approximate surface area is 140 Å². The predicted octanol–water partition coefficient (Wildman–Crippen LogP) is 4.01. The van der Waals surface area contributed by atoms with Crippen molar-refractivity contribution in [2.24, 2.45) is 0 Å². The van der Waals surface area contributed by atoms with Gasteiger partial charge >= 0.3 is 0 Å². The molecular weight excluding hydrogens is 308 g/mol. The maximum atomic E-state index is 12.6. The molecular formula is C18H20N2O2S. The van der Waals surface area contributed by atoms with Crippen molar-refractivity contribution >= 4 is 28.8 Å². The number of hydrogen-bond acceptors (Lipinski definition) is 3. The Balaban J connectivity index is 1.69. The van der Waals surface area contributed by atoms with Crippen LogP contribution in [0, 0.1) is 0 Å². The third-order valence-electron chi connectivity index (χ3n) is 3.87. The number of anilines is 1. The first kappa shape index (κ1) is 15.7. The first-order chi connectivity index (χ1) is 11.1. The Hall–Kier alpha value is -2.14. The summed E-state index contributed by atoms with van der Waals surface area (Å²) in [7, 11) is 0. The molecule has 1 aromatic carbocycles. The van der Waals surface area contributed by atoms with Crippen LogP contribution in [0.15, 0.2) is 41.8 Å². The summed E-state index contributed by atoms with van der Waals surface area (Å²) in [6.07, 6.45) is 2.19. The number of amides is 2. The molecule has 1 aromatic heterocycles. The highest BCUT2D eigenvalue weighted by molar-refractivity contribution is 7.12. The lowest BCUT2D eigenvalue weighted by Crippen LogP contribution is -2.38. The van der Waals surface area contributed by atoms with Gasteiger partial charge in [0.15, 0.2) is 0 Å². The third-order valence-corrected chi connectivity index (χ3v) is 4.73. The third kappa shape index (κ3) is 3.62. The second kappa shape index (κ2) is 6.54. The van der Waals surface area contributed by atoms with E-state index in [9.17, 15) is 9.59 Å². The average Bonchev–Trinajstić information content (AvgIpc) is 3.19. The van der Waals surface area contributed by atoms with Gasteiger partial charge in [-0.25, -0.2) is 0 Å². The lowest BCUT2D eigenvalue weighted by Gasteiger charge is -2.26. The lowest BCUT2D eigenvalue weighted by atomic mass is 10.1. The van der Waals surface area contributed by atoms with E-state index in [1.54, 1.807) is 30.3 Å². The molecule has 1 aliphatic carbocycles. The molecule has 1 aliphatic rings. The van der Waals surface area contributed by atoms with Crippen molar-refractivity contribution in [2.45, 2.75) is 38.8 Å². The van der Waals surface area contributed by atoms with Crippen LogP contribution < -0.4 is 5.32 Å². The highest BCUT2D eigenvalue weighted by Gasteiger charge is 2.34. The molecule has 1 fully saturated rings. The fourth-order valence-electron chi connectivity index (χ4n) is 2.62. The van der Waals surface area contributed by atoms with Crippen LogP contribution in [0.2, 0.25) is 0 Å². The molecule has 0 saturated heterocycles. The molecule has 1 saturated carbocycles. The molecule has 0 aliphatic heterocycles. The number of thiophene rings is 1. The van der Waals surface area contributed by atoms with Gasteiger partial charge in [0.2, 0.25) is 0 Å². The minimum atomic E-state index is -0.124. The molecule has 1 heterocycles. The van der Waals surface area contributed by atoms with Crippen molar-refractivity contribution in [3.63, 3.8) is 0 Å². The zero-order valence-corrected chi connectivity index (χ0v) is 14.1. The summed E-state index contributed by atoms with van der Waals surface area (Å²) in [6.45, 7) is 4.09. The summed E-state index contributed by atoms with van der Waals surface area (Å²) in [5, 5.41) is 4.71. The summed E-state index contributed by atoms with van der Waals surface area (Å²) >= 11 is 1.40. The van der Waals surface area contributed by atoms with E-state index < -0.39 is 0 Å². The molecule has 5 heteroatoms. The summed E-state index contributed by atoms with van der Waals surface area (Å²) < 4.78 is 0. The van der Waals surface area contributed by atoms with E-state index in [1.165, 1.54) is 11.3 Å². The summed E-state index contributed by atoms with van der Waals surface area (Å²) in [5.41, 5.74) is 1.36. The van der Waals surface area contributed by atoms with Gasteiger partial charge in [-0.05, 0) is 62.4 Å². The van der Waals surface area contributed by atoms with E-state index in [0.717, 1.165) is 12.8 Å². The van der Waals surface area contributed by atoms with Crippen molar-refractivity contribution in [3.8, 4) is 0 Å². The highest BCUT2D eigenvalue weighted by Crippen LogP contribution is 2.30. The van der Waals surface area contributed by atoms with Gasteiger partial charge in [0, 0.05) is 23.3 Å². The van der Waals surface area contributed by atoms with Crippen molar-refractivity contribution in [1.82, 2.24) is 4.90 Å². The molecule has 3 rings (SSSR count). The summed E-state index contributed by atoms with van der Waals surface area (Å²) in [6, 6.07) is 11.4. The molecule has 4 nitrogen and oxygen atoms in total. The first-order valence-electron chi connectivity index (χ1n) is 7.84. The predicted molar refractivity (Wildman–Crippen MR) is 93.0 cm³/mol. The Morgan fingerprint density at radius 3 is 2.39 bits per heavy atom. The Kier molecular flexibility index (Phi) is 4.48. The van der Waals surface area contributed by atoms with Gasteiger partial charge in [-0.15, -0.1) is 11.3 Å². The molecule has 0 unspecified atom stereocenters. The standard InChI is InChI=1S/C18H20N2O2S/c1-12(2)20(15-9-10-15)18(22)13-5-7-14(8-6-13)19-17(21)16-4-3-11-23-16/h3-8,11-12,15H,9-10H2,1-2H3,(H,19,21). The lowest BCUT2D eigenvalue weighted by molar-refractivity contribution is 0.0690. The first-order valence-corrected chi connectivity index (χ1v) is 8.72. The molecule has 2 amide bonds. The molecule has 0 radical (unpaired) electrons. The number of benzene rings is 1. The van der Waals surface area contributed by atoms with Crippen molar-refractivity contribution in [2.75, 3.05) is 5.32 Å². The molecule has 0 spiro atoms. The van der Waals surface area contributed by atoms with E-state index in [2.05, 4.69) is 5.32 Å². The Morgan fingerprint density at radius 2 is 1.87 bits per heavy atom. The highest BCUT2D eigenvalue weighted by atomic mass is 32.1. The monoisotopic (exact) mass is 328 g/mol. The van der Waals surface area contributed by atoms with Gasteiger partial charge in [0.05, 0.1) is 4.88 Å². The number of nitrogens with one attached hydrogen (secondary N) is 1. The van der Waals surface area contributed by atoms with Crippen LogP contribution in [-0.2, 0) is 0 Å². The van der Waals surface area contributed by atoms with Gasteiger partial charge < -0.3 is 10.2 Å². The average molecular weight is 328 g/mol. The fraction of sp³-hybridized carbons (Fsp3) is 0.333. The van der Waals surface area contributed by atoms with Crippen molar-refractivity contribution in [1.29, 1.82) is 0 Å². The second-order valence-corrected chi connectivity index (χ2v) is 6.99. The van der Waals surface area contributed by atoms with E-state index in [1.807, 2.05) is 30.2 Å². The summed E-state index contributed by atoms with van der Waals surface area (Å²) in [5.74, 6) is -0.0560. The quantitative estimate of drug-likeness (QED) is 0.901. The number of carbonyl (C=O) groups is 2. The Morgan fingerprint density at radius 1 is 1.17 bits per heavy atom. The second-order valence-electron chi connectivity index (χ2n) is 6.05. The van der Waals surface area contributed by atoms with Crippen LogP contribution in [0.4, 0.5) is 5.69 Å². The van der Waals surface area contributed by atoms with E-state index in [4.69, 9.17) is 0 Å². The van der Waals surface area contributed by atoms with Gasteiger partial charge in [-0.3, -0.25) is 9.59 Å². The number of nitrogens with zero attached hydrogens (tertiary/aromatic N) is 1. The van der Waals surface area contributed by atoms with E-state index in [0.29, 0.717) is 22.2 Å². The van der Waals surface area contributed by atoms with Crippen LogP contribution in [-0.4, -0.2) is 28.8 Å². The van der Waals surface area contributed by atoms with Crippen molar-refractivity contribution in [3.05, 3.63) is 52.2 Å². The normalized spacial score (nSPS) is 13.9. The molecule has 1 N–H and O–H groups in total. The van der Waals surface area contributed by atoms with Gasteiger partial charge in [0.1, 0.15) is 0 Å². The molecule has 23 heavy (non-hydrogen) atoms. The zero-order chi connectivity index (χ0) is 16.4. The zero-order valence-electron chi connectivity index (χ0n) is 13.3. The number of carbonyl (C=O) groups excluding carboxylic acids is 2. The minimum absolute atomic E-state index is 0.0682. The smallest absolute Gasteiger partial charge is 0.265 e. The van der Waals surface area contributed by atoms with Crippen LogP contribution in [0.1, 0.15) is 46.7 Å². The van der Waals surface area contributed by atoms with Gasteiger partial charge in [-0.1, -0.05) is 6.07 Å². The van der Waals surface area contributed by atoms with Crippen LogP contribution >= 0.6 is 11.3 Å². The van der Waals surface area contributed by atoms with Crippen LogP contribution in [0.3, 0.4) is 0 Å². The van der Waals surface area contributed by atoms with Crippen LogP contribution in [0.25, 0.3) is 0 Å². The summed E-state index contributed by atoms with van der Waals surface area (Å²) in [4.78, 5) is 27.3. The Bertz CT molecular complexity index is 686.